The Morgan fingerprint density at radius 2 is 1.02 bits per heavy atom. The van der Waals surface area contributed by atoms with Gasteiger partial charge in [-0.05, 0) is 91.9 Å². The zero-order chi connectivity index (χ0) is 38.1. The lowest BCUT2D eigenvalue weighted by molar-refractivity contribution is 0.660. The SMILES string of the molecule is CC1(C)c2ccccc2-c2cc(-c3cc(N(c4ccccc4)c4ccc(-c5ccccc5)c5ccccc45)c(-c4ccccc4)c4sc5ccccc5c34)ccc21. The quantitative estimate of drug-likeness (QED) is 0.164. The molecule has 1 nitrogen and oxygen atoms in total. The number of benzene rings is 9. The third kappa shape index (κ3) is 5.29. The monoisotopic (exact) mass is 745 g/mol. The van der Waals surface area contributed by atoms with Crippen molar-refractivity contribution in [2.75, 3.05) is 4.90 Å². The normalized spacial score (nSPS) is 12.9. The summed E-state index contributed by atoms with van der Waals surface area (Å²) in [7, 11) is 0. The van der Waals surface area contributed by atoms with E-state index >= 15 is 0 Å². The number of hydrogen-bond acceptors (Lipinski definition) is 2. The zero-order valence-corrected chi connectivity index (χ0v) is 32.7. The second-order valence-corrected chi connectivity index (χ2v) is 16.7. The van der Waals surface area contributed by atoms with Gasteiger partial charge < -0.3 is 4.90 Å². The summed E-state index contributed by atoms with van der Waals surface area (Å²) in [5.41, 5.74) is 16.2. The summed E-state index contributed by atoms with van der Waals surface area (Å²) in [6.07, 6.45) is 0. The average molecular weight is 746 g/mol. The van der Waals surface area contributed by atoms with Crippen LogP contribution in [0.5, 0.6) is 0 Å². The minimum absolute atomic E-state index is 0.0613. The van der Waals surface area contributed by atoms with Gasteiger partial charge in [-0.2, -0.15) is 0 Å². The van der Waals surface area contributed by atoms with Crippen LogP contribution in [0.3, 0.4) is 0 Å². The van der Waals surface area contributed by atoms with Gasteiger partial charge in [-0.15, -0.1) is 11.3 Å². The first-order valence-corrected chi connectivity index (χ1v) is 20.6. The van der Waals surface area contributed by atoms with Crippen molar-refractivity contribution in [3.05, 3.63) is 211 Å². The minimum atomic E-state index is -0.0613. The van der Waals surface area contributed by atoms with E-state index in [0.29, 0.717) is 0 Å². The van der Waals surface area contributed by atoms with E-state index in [9.17, 15) is 0 Å². The molecule has 0 saturated heterocycles. The van der Waals surface area contributed by atoms with Crippen LogP contribution in [-0.2, 0) is 5.41 Å². The third-order valence-corrected chi connectivity index (χ3v) is 13.3. The molecular formula is C55H39NS. The standard InChI is InChI=1S/C55H39NS/c1-55(2)47-28-16-14-25-42(47)46-34-38(30-32-48(46)55)45-35-50(52(37-20-8-4-9-21-37)54-53(45)44-27-15-17-29-51(44)57-54)56(39-22-10-5-11-23-39)49-33-31-40(36-18-6-3-7-19-36)41-24-12-13-26-43(41)49/h3-35H,1-2H3. The van der Waals surface area contributed by atoms with Crippen LogP contribution in [0.15, 0.2) is 200 Å². The Morgan fingerprint density at radius 1 is 0.404 bits per heavy atom. The van der Waals surface area contributed by atoms with Gasteiger partial charge in [0.05, 0.1) is 11.4 Å². The predicted octanol–water partition coefficient (Wildman–Crippen LogP) is 16.0. The molecule has 9 aromatic carbocycles. The van der Waals surface area contributed by atoms with Gasteiger partial charge in [0.1, 0.15) is 0 Å². The molecule has 1 heterocycles. The molecule has 1 aromatic heterocycles. The van der Waals surface area contributed by atoms with Crippen LogP contribution in [0.1, 0.15) is 25.0 Å². The van der Waals surface area contributed by atoms with E-state index in [-0.39, 0.29) is 5.41 Å². The van der Waals surface area contributed by atoms with E-state index in [1.165, 1.54) is 86.6 Å². The fraction of sp³-hybridized carbons (Fsp3) is 0.0545. The highest BCUT2D eigenvalue weighted by Crippen LogP contribution is 2.55. The first kappa shape index (κ1) is 33.6. The van der Waals surface area contributed by atoms with Gasteiger partial charge in [0.2, 0.25) is 0 Å². The number of thiophene rings is 1. The maximum Gasteiger partial charge on any atom is 0.0561 e. The highest BCUT2D eigenvalue weighted by Gasteiger charge is 2.35. The summed E-state index contributed by atoms with van der Waals surface area (Å²) in [4.78, 5) is 2.51. The number of nitrogens with zero attached hydrogens (tertiary/aromatic N) is 1. The molecule has 1 aliphatic carbocycles. The molecule has 0 amide bonds. The van der Waals surface area contributed by atoms with Crippen molar-refractivity contribution in [2.45, 2.75) is 19.3 Å². The van der Waals surface area contributed by atoms with Crippen molar-refractivity contribution in [1.29, 1.82) is 0 Å². The molecule has 11 rings (SSSR count). The summed E-state index contributed by atoms with van der Waals surface area (Å²) in [6.45, 7) is 4.72. The van der Waals surface area contributed by atoms with Gasteiger partial charge >= 0.3 is 0 Å². The fourth-order valence-corrected chi connectivity index (χ4v) is 10.7. The van der Waals surface area contributed by atoms with Crippen LogP contribution >= 0.6 is 11.3 Å². The Kier molecular flexibility index (Phi) is 7.77. The molecule has 1 aliphatic rings. The van der Waals surface area contributed by atoms with Gasteiger partial charge in [-0.3, -0.25) is 0 Å². The molecular weight excluding hydrogens is 707 g/mol. The number of anilines is 3. The van der Waals surface area contributed by atoms with Crippen LogP contribution in [0, 0.1) is 0 Å². The smallest absolute Gasteiger partial charge is 0.0561 e. The topological polar surface area (TPSA) is 3.24 Å². The number of rotatable bonds is 6. The Morgan fingerprint density at radius 3 is 1.79 bits per heavy atom. The van der Waals surface area contributed by atoms with Gasteiger partial charge in [0.25, 0.3) is 0 Å². The number of hydrogen-bond donors (Lipinski definition) is 0. The van der Waals surface area contributed by atoms with Crippen LogP contribution in [0.2, 0.25) is 0 Å². The molecule has 0 atom stereocenters. The molecule has 0 bridgehead atoms. The van der Waals surface area contributed by atoms with E-state index < -0.39 is 0 Å². The van der Waals surface area contributed by atoms with Crippen molar-refractivity contribution in [3.63, 3.8) is 0 Å². The Balaban J connectivity index is 1.27. The van der Waals surface area contributed by atoms with Crippen molar-refractivity contribution in [1.82, 2.24) is 0 Å². The number of fused-ring (bicyclic) bond motifs is 7. The van der Waals surface area contributed by atoms with E-state index in [0.717, 1.165) is 17.1 Å². The molecule has 0 radical (unpaired) electrons. The second-order valence-electron chi connectivity index (χ2n) is 15.6. The average Bonchev–Trinajstić information content (AvgIpc) is 3.76. The van der Waals surface area contributed by atoms with Gasteiger partial charge in [0.15, 0.2) is 0 Å². The summed E-state index contributed by atoms with van der Waals surface area (Å²) < 4.78 is 2.59. The van der Waals surface area contributed by atoms with Gasteiger partial charge in [-0.25, -0.2) is 0 Å². The molecule has 57 heavy (non-hydrogen) atoms. The van der Waals surface area contributed by atoms with Crippen molar-refractivity contribution in [2.24, 2.45) is 0 Å². The lowest BCUT2D eigenvalue weighted by Crippen LogP contribution is -2.14. The maximum atomic E-state index is 2.51. The molecule has 270 valence electrons. The van der Waals surface area contributed by atoms with Crippen LogP contribution < -0.4 is 4.90 Å². The van der Waals surface area contributed by atoms with Gasteiger partial charge in [0, 0.05) is 42.2 Å². The van der Waals surface area contributed by atoms with Crippen molar-refractivity contribution in [3.8, 4) is 44.5 Å². The van der Waals surface area contributed by atoms with Crippen LogP contribution in [-0.4, -0.2) is 0 Å². The largest absolute Gasteiger partial charge is 0.309 e. The molecule has 0 unspecified atom stereocenters. The summed E-state index contributed by atoms with van der Waals surface area (Å²) in [6, 6.07) is 73.8. The Hall–Kier alpha value is -6.74. The lowest BCUT2D eigenvalue weighted by Gasteiger charge is -2.30. The molecule has 2 heteroatoms. The van der Waals surface area contributed by atoms with E-state index in [2.05, 4.69) is 219 Å². The van der Waals surface area contributed by atoms with Gasteiger partial charge in [-0.1, -0.05) is 178 Å². The summed E-state index contributed by atoms with van der Waals surface area (Å²) >= 11 is 1.90. The maximum absolute atomic E-state index is 2.51. The van der Waals surface area contributed by atoms with Crippen LogP contribution in [0.4, 0.5) is 17.1 Å². The van der Waals surface area contributed by atoms with E-state index in [1.54, 1.807) is 0 Å². The molecule has 0 N–H and O–H groups in total. The first-order chi connectivity index (χ1) is 28.1. The molecule has 0 aliphatic heterocycles. The Bertz CT molecular complexity index is 3140. The minimum Gasteiger partial charge on any atom is -0.309 e. The highest BCUT2D eigenvalue weighted by molar-refractivity contribution is 7.26. The molecule has 0 fully saturated rings. The summed E-state index contributed by atoms with van der Waals surface area (Å²) in [5, 5.41) is 5.03. The lowest BCUT2D eigenvalue weighted by atomic mass is 9.82. The third-order valence-electron chi connectivity index (χ3n) is 12.1. The second kappa shape index (κ2) is 13.2. The fourth-order valence-electron chi connectivity index (χ4n) is 9.39. The molecule has 10 aromatic rings. The van der Waals surface area contributed by atoms with Crippen LogP contribution in [0.25, 0.3) is 75.5 Å². The molecule has 0 saturated carbocycles. The zero-order valence-electron chi connectivity index (χ0n) is 31.9. The summed E-state index contributed by atoms with van der Waals surface area (Å²) in [5.74, 6) is 0. The first-order valence-electron chi connectivity index (χ1n) is 19.8. The number of para-hydroxylation sites is 1. The van der Waals surface area contributed by atoms with Crippen molar-refractivity contribution >= 4 is 59.3 Å². The van der Waals surface area contributed by atoms with Crippen molar-refractivity contribution < 1.29 is 0 Å². The van der Waals surface area contributed by atoms with E-state index in [1.807, 2.05) is 11.3 Å². The molecule has 0 spiro atoms. The highest BCUT2D eigenvalue weighted by atomic mass is 32.1. The van der Waals surface area contributed by atoms with E-state index in [4.69, 9.17) is 0 Å². The predicted molar refractivity (Wildman–Crippen MR) is 245 cm³/mol. The Labute approximate surface area is 337 Å².